The van der Waals surface area contributed by atoms with Gasteiger partial charge in [0.2, 0.25) is 0 Å². The number of halogens is 1. The summed E-state index contributed by atoms with van der Waals surface area (Å²) in [5.41, 5.74) is 9.37. The third-order valence-corrected chi connectivity index (χ3v) is 8.34. The Labute approximate surface area is 258 Å². The van der Waals surface area contributed by atoms with Crippen molar-refractivity contribution in [1.29, 1.82) is 0 Å². The molecule has 2 aromatic carbocycles. The van der Waals surface area contributed by atoms with Gasteiger partial charge in [-0.25, -0.2) is 28.8 Å². The predicted molar refractivity (Wildman–Crippen MR) is 164 cm³/mol. The minimum absolute atomic E-state index is 0.0147. The lowest BCUT2D eigenvalue weighted by Crippen LogP contribution is -2.46. The second kappa shape index (κ2) is 12.7. The number of nitrogens with zero attached hydrogens (tertiary/aromatic N) is 8. The van der Waals surface area contributed by atoms with Crippen molar-refractivity contribution in [2.75, 3.05) is 19.9 Å². The third-order valence-electron chi connectivity index (χ3n) is 8.34. The van der Waals surface area contributed by atoms with Crippen molar-refractivity contribution in [3.8, 4) is 17.0 Å². The molecule has 232 valence electrons. The van der Waals surface area contributed by atoms with Crippen LogP contribution in [0.15, 0.2) is 61.4 Å². The second-order valence-electron chi connectivity index (χ2n) is 11.1. The van der Waals surface area contributed by atoms with Crippen LogP contribution in [0.4, 0.5) is 15.0 Å². The van der Waals surface area contributed by atoms with Crippen LogP contribution >= 0.6 is 0 Å². The number of aromatic nitrogens is 7. The number of benzene rings is 2. The highest BCUT2D eigenvalue weighted by molar-refractivity contribution is 5.98. The summed E-state index contributed by atoms with van der Waals surface area (Å²) < 4.78 is 22.0. The molecule has 45 heavy (non-hydrogen) atoms. The molecule has 0 bridgehead atoms. The largest absolute Gasteiger partial charge is 0.496 e. The fraction of sp³-hybridized carbons (Fsp3) is 0.323. The molecule has 0 aliphatic heterocycles. The maximum atomic E-state index is 13.7. The van der Waals surface area contributed by atoms with Gasteiger partial charge < -0.3 is 20.7 Å². The minimum Gasteiger partial charge on any atom is -0.496 e. The van der Waals surface area contributed by atoms with E-state index < -0.39 is 11.7 Å². The molecule has 0 radical (unpaired) electrons. The van der Waals surface area contributed by atoms with E-state index in [1.54, 1.807) is 11.9 Å². The first-order valence-corrected chi connectivity index (χ1v) is 14.6. The first-order chi connectivity index (χ1) is 21.8. The summed E-state index contributed by atoms with van der Waals surface area (Å²) in [6, 6.07) is 11.1. The van der Waals surface area contributed by atoms with Gasteiger partial charge in [-0.3, -0.25) is 4.79 Å². The van der Waals surface area contributed by atoms with Gasteiger partial charge in [0.25, 0.3) is 5.91 Å². The number of amides is 2. The number of carbonyl (C=O) groups excluding carboxylic acids is 2. The summed E-state index contributed by atoms with van der Waals surface area (Å²) >= 11 is 0. The van der Waals surface area contributed by atoms with Crippen LogP contribution in [0.3, 0.4) is 0 Å². The highest BCUT2D eigenvalue weighted by Gasteiger charge is 2.33. The molecule has 2 atom stereocenters. The van der Waals surface area contributed by atoms with Crippen molar-refractivity contribution >= 4 is 28.8 Å². The van der Waals surface area contributed by atoms with Gasteiger partial charge in [0.1, 0.15) is 42.1 Å². The van der Waals surface area contributed by atoms with Crippen molar-refractivity contribution in [2.24, 2.45) is 5.92 Å². The topological polar surface area (TPSA) is 159 Å². The van der Waals surface area contributed by atoms with Crippen molar-refractivity contribution in [1.82, 2.24) is 44.7 Å². The van der Waals surface area contributed by atoms with Crippen molar-refractivity contribution in [2.45, 2.75) is 44.8 Å². The molecule has 1 saturated carbocycles. The number of anilines is 1. The molecule has 3 heterocycles. The molecule has 13 nitrogen and oxygen atoms in total. The average Bonchev–Trinajstić information content (AvgIpc) is 3.73. The lowest BCUT2D eigenvalue weighted by molar-refractivity contribution is 0.0947. The van der Waals surface area contributed by atoms with E-state index in [9.17, 15) is 14.0 Å². The molecule has 1 fully saturated rings. The Kier molecular flexibility index (Phi) is 8.36. The van der Waals surface area contributed by atoms with E-state index in [1.165, 1.54) is 42.9 Å². The quantitative estimate of drug-likeness (QED) is 0.265. The number of fused-ring (bicyclic) bond motifs is 1. The predicted octanol–water partition coefficient (Wildman–Crippen LogP) is 3.90. The molecule has 2 unspecified atom stereocenters. The van der Waals surface area contributed by atoms with Crippen LogP contribution < -0.4 is 15.8 Å². The van der Waals surface area contributed by atoms with E-state index in [0.717, 1.165) is 42.9 Å². The summed E-state index contributed by atoms with van der Waals surface area (Å²) in [6.07, 6.45) is 8.06. The number of nitrogen functional groups attached to an aromatic ring is 1. The Morgan fingerprint density at radius 1 is 1.11 bits per heavy atom. The number of hydrogen-bond acceptors (Lipinski definition) is 9. The monoisotopic (exact) mass is 612 g/mol. The number of ether oxygens (including phenoxy) is 1. The number of methoxy groups -OCH3 is 1. The number of nitrogens with one attached hydrogen (secondary N) is 1. The molecule has 0 spiro atoms. The molecule has 3 aromatic heterocycles. The summed E-state index contributed by atoms with van der Waals surface area (Å²) in [5, 5.41) is 12.4. The Balaban J connectivity index is 1.22. The molecule has 14 heteroatoms. The van der Waals surface area contributed by atoms with Crippen LogP contribution in [0.5, 0.6) is 5.75 Å². The molecular weight excluding hydrogens is 579 g/mol. The fourth-order valence-corrected chi connectivity index (χ4v) is 6.02. The number of rotatable bonds is 8. The number of carbonyl (C=O) groups is 2. The highest BCUT2D eigenvalue weighted by Crippen LogP contribution is 2.34. The van der Waals surface area contributed by atoms with E-state index in [0.29, 0.717) is 34.8 Å². The first kappa shape index (κ1) is 29.7. The van der Waals surface area contributed by atoms with Crippen LogP contribution in [0, 0.1) is 11.7 Å². The fourth-order valence-electron chi connectivity index (χ4n) is 6.02. The van der Waals surface area contributed by atoms with Gasteiger partial charge in [0.15, 0.2) is 5.65 Å². The average molecular weight is 613 g/mol. The van der Waals surface area contributed by atoms with Gasteiger partial charge in [0, 0.05) is 31.7 Å². The number of nitrogens with two attached hydrogens (primary N) is 1. The minimum atomic E-state index is -0.522. The van der Waals surface area contributed by atoms with Crippen molar-refractivity contribution in [3.63, 3.8) is 0 Å². The number of hydrogen-bond donors (Lipinski definition) is 2. The van der Waals surface area contributed by atoms with E-state index >= 15 is 0 Å². The molecule has 5 aromatic rings. The Morgan fingerprint density at radius 3 is 2.67 bits per heavy atom. The Hall–Kier alpha value is -5.40. The van der Waals surface area contributed by atoms with Gasteiger partial charge in [-0.2, -0.15) is 14.9 Å². The normalized spacial score (nSPS) is 16.4. The molecule has 1 aliphatic rings. The van der Waals surface area contributed by atoms with Crippen LogP contribution in [0.2, 0.25) is 0 Å². The van der Waals surface area contributed by atoms with Crippen molar-refractivity contribution in [3.05, 3.63) is 78.4 Å². The first-order valence-electron chi connectivity index (χ1n) is 14.6. The van der Waals surface area contributed by atoms with Gasteiger partial charge >= 0.3 is 6.03 Å². The van der Waals surface area contributed by atoms with Gasteiger partial charge in [0.05, 0.1) is 18.1 Å². The van der Waals surface area contributed by atoms with Crippen LogP contribution in [0.25, 0.3) is 22.3 Å². The molecular formula is C31H33FN10O3. The summed E-state index contributed by atoms with van der Waals surface area (Å²) in [4.78, 5) is 40.2. The highest BCUT2D eigenvalue weighted by atomic mass is 19.1. The lowest BCUT2D eigenvalue weighted by atomic mass is 9.83. The second-order valence-corrected chi connectivity index (χ2v) is 11.1. The van der Waals surface area contributed by atoms with E-state index in [2.05, 4.69) is 25.4 Å². The van der Waals surface area contributed by atoms with Gasteiger partial charge in [-0.1, -0.05) is 37.1 Å². The smallest absolute Gasteiger partial charge is 0.346 e. The summed E-state index contributed by atoms with van der Waals surface area (Å²) in [6.45, 7) is 0.767. The van der Waals surface area contributed by atoms with E-state index in [-0.39, 0.29) is 30.1 Å². The van der Waals surface area contributed by atoms with Crippen LogP contribution in [-0.2, 0) is 13.1 Å². The zero-order valence-electron chi connectivity index (χ0n) is 24.9. The molecule has 6 rings (SSSR count). The van der Waals surface area contributed by atoms with E-state index in [4.69, 9.17) is 15.6 Å². The zero-order valence-corrected chi connectivity index (χ0v) is 24.9. The molecule has 1 aliphatic carbocycles. The lowest BCUT2D eigenvalue weighted by Gasteiger charge is -2.37. The zero-order chi connectivity index (χ0) is 31.5. The Morgan fingerprint density at radius 2 is 1.91 bits per heavy atom. The SMILES string of the molecule is COc1ccc(F)cc1C(=O)NCc1ccc(-c2nn(CC3CCCCC3N(C)C(=O)n3cncn3)c3ncnc(N)c23)cc1. The van der Waals surface area contributed by atoms with Crippen molar-refractivity contribution < 1.29 is 18.7 Å². The molecule has 0 saturated heterocycles. The third kappa shape index (κ3) is 6.03. The maximum Gasteiger partial charge on any atom is 0.346 e. The molecule has 2 amide bonds. The molecule has 3 N–H and O–H groups in total. The van der Waals surface area contributed by atoms with E-state index in [1.807, 2.05) is 28.9 Å². The van der Waals surface area contributed by atoms with Gasteiger partial charge in [-0.15, -0.1) is 0 Å². The summed E-state index contributed by atoms with van der Waals surface area (Å²) in [7, 11) is 3.23. The van der Waals surface area contributed by atoms with Crippen LogP contribution in [0.1, 0.15) is 41.6 Å². The van der Waals surface area contributed by atoms with Gasteiger partial charge in [-0.05, 0) is 42.5 Å². The van der Waals surface area contributed by atoms with Crippen LogP contribution in [-0.4, -0.2) is 71.6 Å². The summed E-state index contributed by atoms with van der Waals surface area (Å²) in [5.74, 6) is -0.225. The standard InChI is InChI=1S/C31H33FN10O3/c1-40(31(44)42-18-34-16-38-42)24-6-4-3-5-21(24)15-41-29-26(28(33)36-17-37-29)27(39-41)20-9-7-19(8-10-20)14-35-30(43)23-13-22(32)11-12-25(23)45-2/h7-13,16-18,21,24H,3-6,14-15H2,1-2H3,(H,35,43)(H2,33,36,37). The Bertz CT molecular complexity index is 1820. The maximum absolute atomic E-state index is 13.7.